The minimum Gasteiger partial charge on any atom is -0.336 e. The zero-order chi connectivity index (χ0) is 19.6. The number of likely N-dealkylation sites (N-methyl/N-ethyl adjacent to an activating group) is 2. The van der Waals surface area contributed by atoms with E-state index in [1.54, 1.807) is 4.90 Å². The van der Waals surface area contributed by atoms with Gasteiger partial charge in [0.15, 0.2) is 0 Å². The number of carbonyl (C=O) groups excluding carboxylic acids is 1. The van der Waals surface area contributed by atoms with Crippen LogP contribution in [-0.4, -0.2) is 99.3 Å². The van der Waals surface area contributed by atoms with E-state index in [4.69, 9.17) is 11.6 Å². The average molecular weight is 415 g/mol. The zero-order valence-corrected chi connectivity index (χ0v) is 17.5. The van der Waals surface area contributed by atoms with Gasteiger partial charge < -0.3 is 14.7 Å². The summed E-state index contributed by atoms with van der Waals surface area (Å²) < 4.78 is 27.4. The van der Waals surface area contributed by atoms with Crippen LogP contribution in [0.5, 0.6) is 0 Å². The number of carbonyl (C=O) groups is 1. The highest BCUT2D eigenvalue weighted by Crippen LogP contribution is 2.25. The van der Waals surface area contributed by atoms with Crippen LogP contribution in [0.2, 0.25) is 5.02 Å². The second-order valence-electron chi connectivity index (χ2n) is 7.08. The summed E-state index contributed by atoms with van der Waals surface area (Å²) in [6.45, 7) is 8.23. The molecule has 0 N–H and O–H groups in total. The molecule has 2 aliphatic rings. The lowest BCUT2D eigenvalue weighted by molar-refractivity contribution is 0.0643. The molecular formula is C18H27ClN4O3S. The molecule has 27 heavy (non-hydrogen) atoms. The third-order valence-corrected chi connectivity index (χ3v) is 7.60. The molecule has 2 fully saturated rings. The Bertz CT molecular complexity index is 786. The summed E-state index contributed by atoms with van der Waals surface area (Å²) in [6, 6.07) is 4.44. The number of halogens is 1. The highest BCUT2D eigenvalue weighted by molar-refractivity contribution is 7.89. The molecule has 9 heteroatoms. The lowest BCUT2D eigenvalue weighted by Crippen LogP contribution is -2.48. The van der Waals surface area contributed by atoms with Crippen LogP contribution in [0.1, 0.15) is 17.3 Å². The quantitative estimate of drug-likeness (QED) is 0.737. The fourth-order valence-corrected chi connectivity index (χ4v) is 5.09. The van der Waals surface area contributed by atoms with Crippen molar-refractivity contribution in [2.24, 2.45) is 0 Å². The van der Waals surface area contributed by atoms with Crippen LogP contribution in [0.4, 0.5) is 0 Å². The van der Waals surface area contributed by atoms with E-state index in [2.05, 4.69) is 16.7 Å². The van der Waals surface area contributed by atoms with E-state index < -0.39 is 10.0 Å². The Labute approximate surface area is 166 Å². The molecule has 2 aliphatic heterocycles. The van der Waals surface area contributed by atoms with Crippen molar-refractivity contribution in [2.75, 3.05) is 66.0 Å². The normalized spacial score (nSPS) is 20.8. The first-order valence-electron chi connectivity index (χ1n) is 9.33. The predicted molar refractivity (Wildman–Crippen MR) is 106 cm³/mol. The topological polar surface area (TPSA) is 64.2 Å². The molecule has 1 aromatic carbocycles. The molecule has 0 atom stereocenters. The fraction of sp³-hybridized carbons (Fsp3) is 0.611. The van der Waals surface area contributed by atoms with Crippen LogP contribution in [-0.2, 0) is 10.0 Å². The molecule has 0 saturated carbocycles. The first-order chi connectivity index (χ1) is 12.8. The van der Waals surface area contributed by atoms with E-state index >= 15 is 0 Å². The summed E-state index contributed by atoms with van der Waals surface area (Å²) in [6.07, 6.45) is 0. The minimum absolute atomic E-state index is 0.131. The molecule has 0 aliphatic carbocycles. The molecule has 1 aromatic rings. The van der Waals surface area contributed by atoms with Crippen molar-refractivity contribution < 1.29 is 13.2 Å². The number of rotatable bonds is 4. The van der Waals surface area contributed by atoms with Gasteiger partial charge in [-0.25, -0.2) is 8.42 Å². The van der Waals surface area contributed by atoms with Gasteiger partial charge in [0.25, 0.3) is 5.91 Å². The fourth-order valence-electron chi connectivity index (χ4n) is 3.44. The maximum absolute atomic E-state index is 13.0. The van der Waals surface area contributed by atoms with E-state index in [9.17, 15) is 13.2 Å². The highest BCUT2D eigenvalue weighted by atomic mass is 35.5. The number of hydrogen-bond acceptors (Lipinski definition) is 5. The third-order valence-electron chi connectivity index (χ3n) is 5.37. The molecule has 2 saturated heterocycles. The van der Waals surface area contributed by atoms with Gasteiger partial charge in [0.05, 0.1) is 15.5 Å². The van der Waals surface area contributed by atoms with Crippen molar-refractivity contribution in [3.63, 3.8) is 0 Å². The molecule has 0 bridgehead atoms. The molecule has 150 valence electrons. The molecule has 1 amide bonds. The van der Waals surface area contributed by atoms with Crippen LogP contribution >= 0.6 is 11.6 Å². The average Bonchev–Trinajstić information content (AvgIpc) is 2.68. The number of amides is 1. The number of piperazine rings is 2. The maximum atomic E-state index is 13.0. The van der Waals surface area contributed by atoms with Crippen molar-refractivity contribution in [1.29, 1.82) is 0 Å². The summed E-state index contributed by atoms with van der Waals surface area (Å²) in [4.78, 5) is 19.2. The molecular weight excluding hydrogens is 388 g/mol. The van der Waals surface area contributed by atoms with Crippen LogP contribution in [0, 0.1) is 0 Å². The molecule has 7 nitrogen and oxygen atoms in total. The first kappa shape index (κ1) is 20.5. The van der Waals surface area contributed by atoms with E-state index in [0.717, 1.165) is 19.6 Å². The summed E-state index contributed by atoms with van der Waals surface area (Å²) in [5.74, 6) is -0.203. The summed E-state index contributed by atoms with van der Waals surface area (Å²) in [5, 5.41) is 0.287. The SMILES string of the molecule is CCN1CCN(C(=O)c2cc(S(=O)(=O)N3CCN(C)CC3)ccc2Cl)CC1. The number of hydrogen-bond donors (Lipinski definition) is 0. The standard InChI is InChI=1S/C18H27ClN4O3S/c1-3-21-8-10-22(11-9-21)18(24)16-14-15(4-5-17(16)19)27(25,26)23-12-6-20(2)7-13-23/h4-5,14H,3,6-13H2,1-2H3. The van der Waals surface area contributed by atoms with Gasteiger partial charge in [-0.05, 0) is 31.8 Å². The molecule has 3 rings (SSSR count). The monoisotopic (exact) mass is 414 g/mol. The van der Waals surface area contributed by atoms with E-state index in [-0.39, 0.29) is 21.4 Å². The number of benzene rings is 1. The van der Waals surface area contributed by atoms with Crippen LogP contribution in [0.15, 0.2) is 23.1 Å². The Kier molecular flexibility index (Phi) is 6.43. The minimum atomic E-state index is -3.63. The highest BCUT2D eigenvalue weighted by Gasteiger charge is 2.30. The van der Waals surface area contributed by atoms with Gasteiger partial charge in [-0.1, -0.05) is 18.5 Å². The van der Waals surface area contributed by atoms with Crippen LogP contribution < -0.4 is 0 Å². The summed E-state index contributed by atoms with van der Waals surface area (Å²) in [5.41, 5.74) is 0.261. The number of nitrogens with zero attached hydrogens (tertiary/aromatic N) is 4. The van der Waals surface area contributed by atoms with Crippen molar-refractivity contribution in [3.05, 3.63) is 28.8 Å². The van der Waals surface area contributed by atoms with Gasteiger partial charge in [-0.15, -0.1) is 0 Å². The lowest BCUT2D eigenvalue weighted by Gasteiger charge is -2.34. The van der Waals surface area contributed by atoms with Gasteiger partial charge in [0.2, 0.25) is 10.0 Å². The molecule has 0 spiro atoms. The van der Waals surface area contributed by atoms with Crippen molar-refractivity contribution in [1.82, 2.24) is 19.0 Å². The summed E-state index contributed by atoms with van der Waals surface area (Å²) in [7, 11) is -1.66. The Morgan fingerprint density at radius 3 is 2.26 bits per heavy atom. The lowest BCUT2D eigenvalue weighted by atomic mass is 10.2. The van der Waals surface area contributed by atoms with Crippen molar-refractivity contribution in [2.45, 2.75) is 11.8 Å². The van der Waals surface area contributed by atoms with Crippen LogP contribution in [0.3, 0.4) is 0 Å². The van der Waals surface area contributed by atoms with E-state index in [0.29, 0.717) is 39.3 Å². The van der Waals surface area contributed by atoms with Gasteiger partial charge >= 0.3 is 0 Å². The van der Waals surface area contributed by atoms with Gasteiger partial charge in [0, 0.05) is 52.4 Å². The van der Waals surface area contributed by atoms with Crippen molar-refractivity contribution in [3.8, 4) is 0 Å². The molecule has 2 heterocycles. The van der Waals surface area contributed by atoms with Gasteiger partial charge in [-0.3, -0.25) is 4.79 Å². The molecule has 0 unspecified atom stereocenters. The second kappa shape index (κ2) is 8.45. The zero-order valence-electron chi connectivity index (χ0n) is 15.9. The maximum Gasteiger partial charge on any atom is 0.255 e. The number of sulfonamides is 1. The smallest absolute Gasteiger partial charge is 0.255 e. The predicted octanol–water partition coefficient (Wildman–Crippen LogP) is 1.05. The Morgan fingerprint density at radius 1 is 1.04 bits per heavy atom. The third kappa shape index (κ3) is 4.46. The van der Waals surface area contributed by atoms with E-state index in [1.165, 1.54) is 22.5 Å². The van der Waals surface area contributed by atoms with Gasteiger partial charge in [0.1, 0.15) is 0 Å². The summed E-state index contributed by atoms with van der Waals surface area (Å²) >= 11 is 6.25. The Balaban J connectivity index is 1.81. The van der Waals surface area contributed by atoms with Crippen molar-refractivity contribution >= 4 is 27.5 Å². The Morgan fingerprint density at radius 2 is 1.67 bits per heavy atom. The largest absolute Gasteiger partial charge is 0.336 e. The molecule has 0 radical (unpaired) electrons. The van der Waals surface area contributed by atoms with Gasteiger partial charge in [-0.2, -0.15) is 4.31 Å². The first-order valence-corrected chi connectivity index (χ1v) is 11.1. The van der Waals surface area contributed by atoms with E-state index in [1.807, 2.05) is 7.05 Å². The molecule has 0 aromatic heterocycles. The second-order valence-corrected chi connectivity index (χ2v) is 9.42. The Hall–Kier alpha value is -1.19. The van der Waals surface area contributed by atoms with Crippen LogP contribution in [0.25, 0.3) is 0 Å².